The van der Waals surface area contributed by atoms with Gasteiger partial charge in [-0.15, -0.1) is 0 Å². The third-order valence-corrected chi connectivity index (χ3v) is 2.69. The van der Waals surface area contributed by atoms with Crippen LogP contribution in [0, 0.1) is 5.92 Å². The molecule has 1 aliphatic rings. The summed E-state index contributed by atoms with van der Waals surface area (Å²) in [5.74, 6) is 1.44. The third kappa shape index (κ3) is 2.01. The van der Waals surface area contributed by atoms with Crippen LogP contribution in [0.5, 0.6) is 0 Å². The van der Waals surface area contributed by atoms with Crippen molar-refractivity contribution in [3.8, 4) is 0 Å². The molecule has 1 unspecified atom stereocenters. The van der Waals surface area contributed by atoms with Crippen LogP contribution in [0.3, 0.4) is 0 Å². The quantitative estimate of drug-likeness (QED) is 0.747. The van der Waals surface area contributed by atoms with Crippen molar-refractivity contribution < 1.29 is 0 Å². The predicted octanol–water partition coefficient (Wildman–Crippen LogP) is 0.652. The molecule has 4 heteroatoms. The van der Waals surface area contributed by atoms with Crippen molar-refractivity contribution in [2.24, 2.45) is 11.7 Å². The Labute approximate surface area is 84.2 Å². The van der Waals surface area contributed by atoms with E-state index < -0.39 is 0 Å². The summed E-state index contributed by atoms with van der Waals surface area (Å²) < 4.78 is 0. The number of nitrogens with two attached hydrogens (primary N) is 1. The highest BCUT2D eigenvalue weighted by Gasteiger charge is 2.19. The van der Waals surface area contributed by atoms with E-state index in [0.29, 0.717) is 5.92 Å². The van der Waals surface area contributed by atoms with E-state index in [1.165, 1.54) is 12.8 Å². The highest BCUT2D eigenvalue weighted by molar-refractivity contribution is 5.29. The maximum Gasteiger partial charge on any atom is 0.225 e. The van der Waals surface area contributed by atoms with Crippen LogP contribution in [0.4, 0.5) is 5.95 Å². The van der Waals surface area contributed by atoms with E-state index in [0.717, 1.165) is 25.6 Å². The molecule has 2 rings (SSSR count). The number of hydrogen-bond donors (Lipinski definition) is 1. The van der Waals surface area contributed by atoms with Crippen molar-refractivity contribution in [1.82, 2.24) is 9.97 Å². The summed E-state index contributed by atoms with van der Waals surface area (Å²) >= 11 is 0. The minimum atomic E-state index is 0.604. The van der Waals surface area contributed by atoms with E-state index in [9.17, 15) is 0 Å². The van der Waals surface area contributed by atoms with Gasteiger partial charge >= 0.3 is 0 Å². The van der Waals surface area contributed by atoms with Gasteiger partial charge in [-0.1, -0.05) is 0 Å². The molecule has 14 heavy (non-hydrogen) atoms. The molecule has 76 valence electrons. The molecule has 1 fully saturated rings. The summed E-state index contributed by atoms with van der Waals surface area (Å²) in [4.78, 5) is 10.7. The summed E-state index contributed by atoms with van der Waals surface area (Å²) in [6, 6.07) is 1.84. The molecule has 0 radical (unpaired) electrons. The van der Waals surface area contributed by atoms with Gasteiger partial charge in [0.1, 0.15) is 0 Å². The predicted molar refractivity (Wildman–Crippen MR) is 56.0 cm³/mol. The van der Waals surface area contributed by atoms with Gasteiger partial charge in [-0.05, 0) is 31.4 Å². The van der Waals surface area contributed by atoms with E-state index in [-0.39, 0.29) is 0 Å². The molecule has 1 atom stereocenters. The van der Waals surface area contributed by atoms with Crippen molar-refractivity contribution in [1.29, 1.82) is 0 Å². The first-order valence-electron chi connectivity index (χ1n) is 5.12. The summed E-state index contributed by atoms with van der Waals surface area (Å²) in [6.07, 6.45) is 6.00. The zero-order valence-corrected chi connectivity index (χ0v) is 8.26. The molecule has 0 amide bonds. The van der Waals surface area contributed by atoms with Gasteiger partial charge in [-0.3, -0.25) is 0 Å². The Morgan fingerprint density at radius 2 is 2.21 bits per heavy atom. The minimum absolute atomic E-state index is 0.604. The SMILES string of the molecule is NCC1CCCN(c2ncccn2)C1. The summed E-state index contributed by atoms with van der Waals surface area (Å²) in [5.41, 5.74) is 5.68. The molecular weight excluding hydrogens is 176 g/mol. The summed E-state index contributed by atoms with van der Waals surface area (Å²) in [6.45, 7) is 2.82. The van der Waals surface area contributed by atoms with E-state index in [4.69, 9.17) is 5.73 Å². The lowest BCUT2D eigenvalue weighted by Crippen LogP contribution is -2.39. The average molecular weight is 192 g/mol. The third-order valence-electron chi connectivity index (χ3n) is 2.69. The zero-order chi connectivity index (χ0) is 9.80. The molecule has 1 aromatic heterocycles. The van der Waals surface area contributed by atoms with Gasteiger partial charge in [0.15, 0.2) is 0 Å². The Morgan fingerprint density at radius 1 is 1.43 bits per heavy atom. The van der Waals surface area contributed by atoms with Crippen LogP contribution in [0.1, 0.15) is 12.8 Å². The molecule has 1 aromatic rings. The van der Waals surface area contributed by atoms with Crippen LogP contribution in [0.2, 0.25) is 0 Å². The fourth-order valence-corrected chi connectivity index (χ4v) is 1.89. The number of piperidine rings is 1. The molecule has 0 aliphatic carbocycles. The molecule has 0 aromatic carbocycles. The number of hydrogen-bond acceptors (Lipinski definition) is 4. The molecule has 0 bridgehead atoms. The first-order valence-corrected chi connectivity index (χ1v) is 5.12. The van der Waals surface area contributed by atoms with E-state index >= 15 is 0 Å². The van der Waals surface area contributed by atoms with Gasteiger partial charge in [-0.2, -0.15) is 0 Å². The normalized spacial score (nSPS) is 22.4. The van der Waals surface area contributed by atoms with Crippen LogP contribution in [0.25, 0.3) is 0 Å². The van der Waals surface area contributed by atoms with Crippen LogP contribution >= 0.6 is 0 Å². The second-order valence-electron chi connectivity index (χ2n) is 3.74. The first kappa shape index (κ1) is 9.40. The molecule has 0 spiro atoms. The number of nitrogens with zero attached hydrogens (tertiary/aromatic N) is 3. The van der Waals surface area contributed by atoms with Gasteiger partial charge < -0.3 is 10.6 Å². The van der Waals surface area contributed by atoms with Crippen molar-refractivity contribution in [2.45, 2.75) is 12.8 Å². The molecule has 1 aliphatic heterocycles. The Kier molecular flexibility index (Phi) is 2.93. The lowest BCUT2D eigenvalue weighted by molar-refractivity contribution is 0.419. The van der Waals surface area contributed by atoms with Gasteiger partial charge in [0, 0.05) is 25.5 Å². The van der Waals surface area contributed by atoms with Crippen molar-refractivity contribution in [3.63, 3.8) is 0 Å². The average Bonchev–Trinajstić information content (AvgIpc) is 2.30. The Bertz CT molecular complexity index is 275. The second-order valence-corrected chi connectivity index (χ2v) is 3.74. The van der Waals surface area contributed by atoms with Crippen molar-refractivity contribution >= 4 is 5.95 Å². The maximum atomic E-state index is 5.68. The monoisotopic (exact) mass is 192 g/mol. The first-order chi connectivity index (χ1) is 6.90. The van der Waals surface area contributed by atoms with E-state index in [2.05, 4.69) is 14.9 Å². The Hall–Kier alpha value is -1.16. The molecule has 2 N–H and O–H groups in total. The lowest BCUT2D eigenvalue weighted by Gasteiger charge is -2.31. The van der Waals surface area contributed by atoms with Gasteiger partial charge in [-0.25, -0.2) is 9.97 Å². The van der Waals surface area contributed by atoms with Crippen molar-refractivity contribution in [2.75, 3.05) is 24.5 Å². The van der Waals surface area contributed by atoms with Crippen LogP contribution in [-0.4, -0.2) is 29.6 Å². The topological polar surface area (TPSA) is 55.0 Å². The van der Waals surface area contributed by atoms with Crippen LogP contribution < -0.4 is 10.6 Å². The molecule has 2 heterocycles. The van der Waals surface area contributed by atoms with E-state index in [1.807, 2.05) is 6.07 Å². The largest absolute Gasteiger partial charge is 0.341 e. The highest BCUT2D eigenvalue weighted by atomic mass is 15.2. The molecule has 4 nitrogen and oxygen atoms in total. The fraction of sp³-hybridized carbons (Fsp3) is 0.600. The second kappa shape index (κ2) is 4.37. The van der Waals surface area contributed by atoms with Gasteiger partial charge in [0.05, 0.1) is 0 Å². The number of rotatable bonds is 2. The Morgan fingerprint density at radius 3 is 2.93 bits per heavy atom. The van der Waals surface area contributed by atoms with Crippen molar-refractivity contribution in [3.05, 3.63) is 18.5 Å². The Balaban J connectivity index is 2.04. The summed E-state index contributed by atoms with van der Waals surface area (Å²) in [5, 5.41) is 0. The lowest BCUT2D eigenvalue weighted by atomic mass is 9.99. The smallest absolute Gasteiger partial charge is 0.225 e. The minimum Gasteiger partial charge on any atom is -0.341 e. The van der Waals surface area contributed by atoms with Crippen LogP contribution in [0.15, 0.2) is 18.5 Å². The van der Waals surface area contributed by atoms with Gasteiger partial charge in [0.25, 0.3) is 0 Å². The summed E-state index contributed by atoms with van der Waals surface area (Å²) in [7, 11) is 0. The van der Waals surface area contributed by atoms with E-state index in [1.54, 1.807) is 12.4 Å². The van der Waals surface area contributed by atoms with Crippen LogP contribution in [-0.2, 0) is 0 Å². The maximum absolute atomic E-state index is 5.68. The zero-order valence-electron chi connectivity index (χ0n) is 8.26. The highest BCUT2D eigenvalue weighted by Crippen LogP contribution is 2.18. The number of anilines is 1. The standard InChI is InChI=1S/C10H16N4/c11-7-9-3-1-6-14(8-9)10-12-4-2-5-13-10/h2,4-5,9H,1,3,6-8,11H2. The fourth-order valence-electron chi connectivity index (χ4n) is 1.89. The number of aromatic nitrogens is 2. The molecular formula is C10H16N4. The molecule has 1 saturated heterocycles. The molecule has 0 saturated carbocycles. The van der Waals surface area contributed by atoms with Gasteiger partial charge in [0.2, 0.25) is 5.95 Å².